The first-order valence-corrected chi connectivity index (χ1v) is 16.1. The predicted molar refractivity (Wildman–Crippen MR) is 155 cm³/mol. The van der Waals surface area contributed by atoms with Crippen molar-refractivity contribution in [3.63, 3.8) is 0 Å². The van der Waals surface area contributed by atoms with Crippen LogP contribution in [-0.4, -0.2) is 46.9 Å². The number of aliphatic hydroxyl groups is 1. The number of piperidine rings is 1. The van der Waals surface area contributed by atoms with Crippen molar-refractivity contribution < 1.29 is 14.9 Å². The maximum Gasteiger partial charge on any atom is 0.181 e. The fourth-order valence-electron chi connectivity index (χ4n) is 11.6. The van der Waals surface area contributed by atoms with Crippen LogP contribution in [-0.2, 0) is 4.74 Å². The predicted octanol–water partition coefficient (Wildman–Crippen LogP) is 6.17. The molecule has 2 saturated heterocycles. The van der Waals surface area contributed by atoms with Crippen molar-refractivity contribution in [3.8, 4) is 5.75 Å². The molecule has 5 heteroatoms. The summed E-state index contributed by atoms with van der Waals surface area (Å²) >= 11 is 0. The summed E-state index contributed by atoms with van der Waals surface area (Å²) in [7, 11) is 0. The summed E-state index contributed by atoms with van der Waals surface area (Å²) in [5, 5.41) is 25.5. The van der Waals surface area contributed by atoms with E-state index in [1.165, 1.54) is 38.5 Å². The molecule has 1 aromatic carbocycles. The lowest BCUT2D eigenvalue weighted by atomic mass is 9.44. The number of hydrogen-bond acceptors (Lipinski definition) is 5. The summed E-state index contributed by atoms with van der Waals surface area (Å²) < 4.78 is 6.76. The summed E-state index contributed by atoms with van der Waals surface area (Å²) in [6, 6.07) is 7.95. The van der Waals surface area contributed by atoms with Crippen molar-refractivity contribution >= 4 is 6.21 Å². The van der Waals surface area contributed by atoms with Crippen molar-refractivity contribution in [1.29, 1.82) is 0 Å². The van der Waals surface area contributed by atoms with Crippen LogP contribution >= 0.6 is 0 Å². The number of ether oxygens (including phenoxy) is 1. The number of para-hydroxylation sites is 1. The number of phenols is 1. The summed E-state index contributed by atoms with van der Waals surface area (Å²) in [4.78, 5) is 4.98. The molecule has 6 aliphatic rings. The molecule has 1 aromatic rings. The Morgan fingerprint density at radius 2 is 1.79 bits per heavy atom. The minimum Gasteiger partial charge on any atom is -0.507 e. The van der Waals surface area contributed by atoms with Crippen LogP contribution in [0.4, 0.5) is 0 Å². The molecule has 0 spiro atoms. The smallest absolute Gasteiger partial charge is 0.181 e. The Balaban J connectivity index is 1.09. The average Bonchev–Trinajstić information content (AvgIpc) is 3.19. The van der Waals surface area contributed by atoms with Crippen LogP contribution in [0, 0.1) is 52.3 Å². The summed E-state index contributed by atoms with van der Waals surface area (Å²) in [5.41, 5.74) is 1.56. The topological polar surface area (TPSA) is 74.1 Å². The maximum atomic E-state index is 11.7. The molecule has 5 nitrogen and oxygen atoms in total. The molecular formula is C34H50N2O3. The molecule has 4 aliphatic carbocycles. The number of phenolic OH excluding ortho intramolecular Hbond substituents is 1. The Kier molecular flexibility index (Phi) is 6.31. The number of fused-ring (bicyclic) bond motifs is 8. The first-order chi connectivity index (χ1) is 18.6. The third kappa shape index (κ3) is 4.00. The fourth-order valence-corrected chi connectivity index (χ4v) is 11.6. The van der Waals surface area contributed by atoms with Crippen LogP contribution < -0.4 is 5.32 Å². The molecule has 0 bridgehead atoms. The third-order valence-electron chi connectivity index (χ3n) is 13.3. The molecule has 0 aromatic heterocycles. The molecule has 7 rings (SSSR count). The van der Waals surface area contributed by atoms with E-state index in [9.17, 15) is 10.2 Å². The van der Waals surface area contributed by atoms with Crippen LogP contribution in [0.3, 0.4) is 0 Å². The van der Waals surface area contributed by atoms with E-state index in [4.69, 9.17) is 9.73 Å². The van der Waals surface area contributed by atoms with Crippen molar-refractivity contribution in [2.24, 2.45) is 57.2 Å². The third-order valence-corrected chi connectivity index (χ3v) is 13.3. The summed E-state index contributed by atoms with van der Waals surface area (Å²) in [6.45, 7) is 10.9. The molecule has 0 amide bonds. The van der Waals surface area contributed by atoms with Gasteiger partial charge in [-0.1, -0.05) is 39.8 Å². The number of hydrogen-bond donors (Lipinski definition) is 3. The van der Waals surface area contributed by atoms with Gasteiger partial charge in [-0.05, 0) is 122 Å². The Morgan fingerprint density at radius 1 is 1.00 bits per heavy atom. The second kappa shape index (κ2) is 9.29. The van der Waals surface area contributed by atoms with Gasteiger partial charge in [0.05, 0.1) is 18.2 Å². The Morgan fingerprint density at radius 3 is 2.62 bits per heavy atom. The zero-order valence-corrected chi connectivity index (χ0v) is 24.5. The standard InChI is InChI=1S/C34H50N2O3/c1-20-17-34(38)31(36-18-20)21(2)30-29(39-34)16-27-25-10-9-23-15-24(35-19-22-7-5-6-8-28(22)37)11-13-32(23,3)26(25)12-14-33(27,30)4/h5-8,19-21,23-27,29-31,36-38H,9-18H2,1-4H3/t20-,21+,23-,24-,25+,26-,27-,29-,30-,31+,32-,33-,34+/m0/s1. The molecule has 214 valence electrons. The van der Waals surface area contributed by atoms with E-state index in [1.54, 1.807) is 6.07 Å². The van der Waals surface area contributed by atoms with Gasteiger partial charge >= 0.3 is 0 Å². The van der Waals surface area contributed by atoms with E-state index < -0.39 is 5.79 Å². The number of aliphatic imine (C=N–C) groups is 1. The Hall–Kier alpha value is -1.43. The SMILES string of the molecule is C[C@@H]1CN[C@@H]2[C@H](C)[C@H]3[C@H](C[C@H]4[C@@H]5CC[C@H]6C[C@@H](N=Cc7ccccc7O)CC[C@]6(C)[C@H]5CC[C@]34C)O[C@]2(O)C1. The van der Waals surface area contributed by atoms with Gasteiger partial charge in [0.15, 0.2) is 5.79 Å². The van der Waals surface area contributed by atoms with Crippen LogP contribution in [0.5, 0.6) is 5.75 Å². The molecular weight excluding hydrogens is 484 g/mol. The van der Waals surface area contributed by atoms with Crippen LogP contribution in [0.25, 0.3) is 0 Å². The molecule has 0 unspecified atom stereocenters. The molecule has 3 N–H and O–H groups in total. The van der Waals surface area contributed by atoms with Gasteiger partial charge in [-0.15, -0.1) is 0 Å². The van der Waals surface area contributed by atoms with E-state index >= 15 is 0 Å². The average molecular weight is 535 g/mol. The lowest BCUT2D eigenvalue weighted by Gasteiger charge is -2.62. The van der Waals surface area contributed by atoms with Crippen molar-refractivity contribution in [1.82, 2.24) is 5.32 Å². The van der Waals surface area contributed by atoms with Gasteiger partial charge in [-0.2, -0.15) is 0 Å². The molecule has 4 saturated carbocycles. The fraction of sp³-hybridized carbons (Fsp3) is 0.794. The van der Waals surface area contributed by atoms with E-state index in [1.807, 2.05) is 24.4 Å². The Bertz CT molecular complexity index is 1120. The van der Waals surface area contributed by atoms with Crippen molar-refractivity contribution in [2.75, 3.05) is 6.54 Å². The quantitative estimate of drug-likeness (QED) is 0.397. The highest BCUT2D eigenvalue weighted by atomic mass is 16.6. The monoisotopic (exact) mass is 534 g/mol. The minimum absolute atomic E-state index is 0.0603. The first-order valence-electron chi connectivity index (χ1n) is 16.1. The van der Waals surface area contributed by atoms with Crippen LogP contribution in [0.2, 0.25) is 0 Å². The molecule has 6 fully saturated rings. The highest BCUT2D eigenvalue weighted by molar-refractivity contribution is 5.83. The zero-order chi connectivity index (χ0) is 27.2. The minimum atomic E-state index is -0.999. The van der Waals surface area contributed by atoms with Gasteiger partial charge in [0.25, 0.3) is 0 Å². The van der Waals surface area contributed by atoms with Gasteiger partial charge in [0.1, 0.15) is 5.75 Å². The van der Waals surface area contributed by atoms with Crippen LogP contribution in [0.15, 0.2) is 29.3 Å². The Labute approximate surface area is 235 Å². The van der Waals surface area contributed by atoms with Crippen LogP contribution in [0.1, 0.15) is 91.0 Å². The zero-order valence-electron chi connectivity index (χ0n) is 24.5. The second-order valence-electron chi connectivity index (χ2n) is 15.3. The van der Waals surface area contributed by atoms with Gasteiger partial charge in [-0.3, -0.25) is 4.99 Å². The van der Waals surface area contributed by atoms with Crippen molar-refractivity contribution in [2.45, 2.75) is 109 Å². The number of aromatic hydroxyl groups is 1. The highest BCUT2D eigenvalue weighted by Gasteiger charge is 2.67. The number of nitrogens with one attached hydrogen (secondary N) is 1. The van der Waals surface area contributed by atoms with Gasteiger partial charge < -0.3 is 20.3 Å². The normalized spacial score (nSPS) is 52.8. The molecule has 2 aliphatic heterocycles. The highest BCUT2D eigenvalue weighted by Crippen LogP contribution is 2.70. The van der Waals surface area contributed by atoms with Crippen molar-refractivity contribution in [3.05, 3.63) is 29.8 Å². The van der Waals surface area contributed by atoms with Gasteiger partial charge in [-0.25, -0.2) is 0 Å². The van der Waals surface area contributed by atoms with Gasteiger partial charge in [0.2, 0.25) is 0 Å². The largest absolute Gasteiger partial charge is 0.507 e. The molecule has 2 heterocycles. The summed E-state index contributed by atoms with van der Waals surface area (Å²) in [5.74, 6) is 3.80. The van der Waals surface area contributed by atoms with Gasteiger partial charge in [0, 0.05) is 18.2 Å². The first kappa shape index (κ1) is 26.5. The van der Waals surface area contributed by atoms with E-state index in [2.05, 4.69) is 33.0 Å². The van der Waals surface area contributed by atoms with E-state index in [-0.39, 0.29) is 12.1 Å². The van der Waals surface area contributed by atoms with E-state index in [0.29, 0.717) is 46.3 Å². The molecule has 39 heavy (non-hydrogen) atoms. The number of nitrogens with zero attached hydrogens (tertiary/aromatic N) is 1. The number of benzene rings is 1. The number of rotatable bonds is 2. The second-order valence-corrected chi connectivity index (χ2v) is 15.3. The van der Waals surface area contributed by atoms with E-state index in [0.717, 1.165) is 49.1 Å². The molecule has 0 radical (unpaired) electrons. The maximum absolute atomic E-state index is 11.7. The molecule has 13 atom stereocenters. The summed E-state index contributed by atoms with van der Waals surface area (Å²) in [6.07, 6.45) is 13.0. The lowest BCUT2D eigenvalue weighted by Crippen LogP contribution is -2.68. The lowest BCUT2D eigenvalue weighted by molar-refractivity contribution is -0.310.